The summed E-state index contributed by atoms with van der Waals surface area (Å²) in [5.41, 5.74) is 1.72. The zero-order chi connectivity index (χ0) is 15.8. The maximum Gasteiger partial charge on any atom is 0.435 e. The third-order valence-electron chi connectivity index (χ3n) is 2.75. The van der Waals surface area contributed by atoms with Gasteiger partial charge in [0, 0.05) is 13.2 Å². The number of aliphatic hydroxyl groups is 1. The fourth-order valence-corrected chi connectivity index (χ4v) is 1.73. The van der Waals surface area contributed by atoms with Gasteiger partial charge in [0.2, 0.25) is 0 Å². The van der Waals surface area contributed by atoms with Crippen molar-refractivity contribution in [1.82, 2.24) is 5.48 Å². The van der Waals surface area contributed by atoms with Gasteiger partial charge < -0.3 is 20.2 Å². The Bertz CT molecular complexity index is 354. The van der Waals surface area contributed by atoms with Gasteiger partial charge in [0.25, 0.3) is 0 Å². The molecule has 1 atom stereocenters. The minimum absolute atomic E-state index is 0.0708. The van der Waals surface area contributed by atoms with Crippen LogP contribution >= 0.6 is 0 Å². The van der Waals surface area contributed by atoms with Gasteiger partial charge in [-0.25, -0.2) is 9.59 Å². The Labute approximate surface area is 116 Å². The Morgan fingerprint density at radius 1 is 1.25 bits per heavy atom. The topological polar surface area (TPSA) is 133 Å². The highest BCUT2D eigenvalue weighted by Gasteiger charge is 2.28. The fraction of sp³-hybridized carbons (Fsp3) is 0.750. The molecule has 0 heterocycles. The van der Waals surface area contributed by atoms with E-state index in [-0.39, 0.29) is 13.2 Å². The minimum atomic E-state index is -1.71. The molecule has 0 aromatic carbocycles. The first-order valence-electron chi connectivity index (χ1n) is 6.20. The maximum atomic E-state index is 11.1. The molecule has 0 aromatic rings. The van der Waals surface area contributed by atoms with Crippen LogP contribution in [0.3, 0.4) is 0 Å². The molecular formula is C12H21NO7. The molecule has 8 nitrogen and oxygen atoms in total. The van der Waals surface area contributed by atoms with Gasteiger partial charge in [0.1, 0.15) is 0 Å². The van der Waals surface area contributed by atoms with Crippen LogP contribution in [0.4, 0.5) is 0 Å². The molecule has 0 rings (SSSR count). The maximum absolute atomic E-state index is 11.1. The Kier molecular flexibility index (Phi) is 7.78. The second-order valence-electron chi connectivity index (χ2n) is 5.29. The lowest BCUT2D eigenvalue weighted by Gasteiger charge is -2.27. The predicted octanol–water partition coefficient (Wildman–Crippen LogP) is 0.00840. The summed E-state index contributed by atoms with van der Waals surface area (Å²) in [6.07, 6.45) is 1.05. The van der Waals surface area contributed by atoms with Crippen LogP contribution in [-0.2, 0) is 19.2 Å². The highest BCUT2D eigenvalue weighted by Crippen LogP contribution is 2.27. The monoisotopic (exact) mass is 291 g/mol. The van der Waals surface area contributed by atoms with Crippen molar-refractivity contribution in [2.75, 3.05) is 13.2 Å². The smallest absolute Gasteiger partial charge is 0.435 e. The molecule has 0 aliphatic carbocycles. The summed E-state index contributed by atoms with van der Waals surface area (Å²) in [7, 11) is 0. The predicted molar refractivity (Wildman–Crippen MR) is 67.6 cm³/mol. The van der Waals surface area contributed by atoms with Crippen molar-refractivity contribution in [3.8, 4) is 0 Å². The molecule has 0 aliphatic rings. The van der Waals surface area contributed by atoms with E-state index in [0.29, 0.717) is 19.3 Å². The molecular weight excluding hydrogens is 270 g/mol. The zero-order valence-electron chi connectivity index (χ0n) is 11.6. The number of carbonyl (C=O) groups excluding carboxylic acids is 1. The van der Waals surface area contributed by atoms with E-state index >= 15 is 0 Å². The first-order chi connectivity index (χ1) is 9.19. The van der Waals surface area contributed by atoms with Gasteiger partial charge in [-0.1, -0.05) is 13.8 Å². The summed E-state index contributed by atoms with van der Waals surface area (Å²) < 4.78 is 0. The van der Waals surface area contributed by atoms with E-state index in [2.05, 4.69) is 10.3 Å². The normalized spacial score (nSPS) is 12.8. The van der Waals surface area contributed by atoms with Gasteiger partial charge in [-0.05, 0) is 24.7 Å². The fourth-order valence-electron chi connectivity index (χ4n) is 1.73. The molecule has 0 saturated carbocycles. The third-order valence-corrected chi connectivity index (χ3v) is 2.75. The number of hydrogen-bond donors (Lipinski definition) is 4. The van der Waals surface area contributed by atoms with Gasteiger partial charge >= 0.3 is 17.9 Å². The first kappa shape index (κ1) is 18.3. The van der Waals surface area contributed by atoms with E-state index < -0.39 is 29.2 Å². The minimum Gasteiger partial charge on any atom is -0.481 e. The number of carbonyl (C=O) groups is 3. The van der Waals surface area contributed by atoms with Crippen molar-refractivity contribution in [3.63, 3.8) is 0 Å². The molecule has 0 saturated heterocycles. The molecule has 0 radical (unpaired) electrons. The lowest BCUT2D eigenvalue weighted by molar-refractivity contribution is -0.169. The molecule has 0 bridgehead atoms. The van der Waals surface area contributed by atoms with E-state index in [1.165, 1.54) is 0 Å². The lowest BCUT2D eigenvalue weighted by atomic mass is 9.81. The number of aliphatic carboxylic acids is 2. The Morgan fingerprint density at radius 2 is 1.85 bits per heavy atom. The molecule has 0 aliphatic heterocycles. The molecule has 1 unspecified atom stereocenters. The Morgan fingerprint density at radius 3 is 2.30 bits per heavy atom. The van der Waals surface area contributed by atoms with Crippen molar-refractivity contribution in [1.29, 1.82) is 0 Å². The second kappa shape index (κ2) is 8.49. The van der Waals surface area contributed by atoms with Crippen molar-refractivity contribution >= 4 is 17.9 Å². The summed E-state index contributed by atoms with van der Waals surface area (Å²) in [6.45, 7) is 3.58. The number of nitrogens with one attached hydrogen (secondary N) is 1. The summed E-state index contributed by atoms with van der Waals surface area (Å²) in [5, 5.41) is 26.1. The van der Waals surface area contributed by atoms with E-state index in [1.54, 1.807) is 13.8 Å². The number of hydroxylamine groups is 1. The van der Waals surface area contributed by atoms with Crippen LogP contribution in [0.15, 0.2) is 0 Å². The van der Waals surface area contributed by atoms with Crippen LogP contribution in [0.25, 0.3) is 0 Å². The first-order valence-corrected chi connectivity index (χ1v) is 6.20. The highest BCUT2D eigenvalue weighted by molar-refractivity contribution is 6.28. The lowest BCUT2D eigenvalue weighted by Crippen LogP contribution is -2.35. The number of carboxylic acid groups (broad SMARTS) is 2. The molecule has 0 spiro atoms. The molecule has 4 N–H and O–H groups in total. The zero-order valence-corrected chi connectivity index (χ0v) is 11.6. The number of hydrogen-bond acceptors (Lipinski definition) is 6. The summed E-state index contributed by atoms with van der Waals surface area (Å²) in [4.78, 5) is 36.3. The Hall–Kier alpha value is -1.67. The van der Waals surface area contributed by atoms with Crippen molar-refractivity contribution in [2.24, 2.45) is 11.3 Å². The standard InChI is InChI=1S/C12H21NO7/c1-12(2,7-13-20-11(19)10(17)18)6-8(9(15)16)4-3-5-14/h8,13-14H,3-7H2,1-2H3,(H,15,16)(H,17,18). The molecule has 8 heteroatoms. The number of aliphatic hydroxyl groups excluding tert-OH is 1. The van der Waals surface area contributed by atoms with Crippen LogP contribution in [0.1, 0.15) is 33.1 Å². The number of carboxylic acids is 2. The van der Waals surface area contributed by atoms with E-state index in [1.807, 2.05) is 0 Å². The van der Waals surface area contributed by atoms with Gasteiger partial charge in [0.15, 0.2) is 0 Å². The molecule has 116 valence electrons. The molecule has 0 fully saturated rings. The quantitative estimate of drug-likeness (QED) is 0.345. The Balaban J connectivity index is 4.29. The van der Waals surface area contributed by atoms with Gasteiger partial charge in [-0.15, -0.1) is 0 Å². The second-order valence-corrected chi connectivity index (χ2v) is 5.29. The average molecular weight is 291 g/mol. The average Bonchev–Trinajstić information content (AvgIpc) is 2.33. The van der Waals surface area contributed by atoms with Crippen LogP contribution < -0.4 is 5.48 Å². The van der Waals surface area contributed by atoms with Crippen molar-refractivity contribution in [2.45, 2.75) is 33.1 Å². The number of rotatable bonds is 9. The molecule has 0 amide bonds. The SMILES string of the molecule is CC(C)(CNOC(=O)C(=O)O)CC(CCCO)C(=O)O. The van der Waals surface area contributed by atoms with Gasteiger partial charge in [-0.3, -0.25) is 4.79 Å². The highest BCUT2D eigenvalue weighted by atomic mass is 16.7. The summed E-state index contributed by atoms with van der Waals surface area (Å²) in [6, 6.07) is 0. The molecule has 0 aromatic heterocycles. The summed E-state index contributed by atoms with van der Waals surface area (Å²) in [5.74, 6) is -4.69. The van der Waals surface area contributed by atoms with E-state index in [9.17, 15) is 14.4 Å². The van der Waals surface area contributed by atoms with Crippen LogP contribution in [0.2, 0.25) is 0 Å². The van der Waals surface area contributed by atoms with Crippen molar-refractivity contribution < 1.29 is 34.5 Å². The van der Waals surface area contributed by atoms with Crippen LogP contribution in [-0.4, -0.2) is 46.4 Å². The van der Waals surface area contributed by atoms with Gasteiger partial charge in [-0.2, -0.15) is 5.48 Å². The third kappa shape index (κ3) is 7.70. The van der Waals surface area contributed by atoms with E-state index in [0.717, 1.165) is 0 Å². The summed E-state index contributed by atoms with van der Waals surface area (Å²) >= 11 is 0. The largest absolute Gasteiger partial charge is 0.481 e. The van der Waals surface area contributed by atoms with Crippen LogP contribution in [0.5, 0.6) is 0 Å². The molecule has 20 heavy (non-hydrogen) atoms. The van der Waals surface area contributed by atoms with Crippen molar-refractivity contribution in [3.05, 3.63) is 0 Å². The van der Waals surface area contributed by atoms with Gasteiger partial charge in [0.05, 0.1) is 5.92 Å². The van der Waals surface area contributed by atoms with Crippen LogP contribution in [0, 0.1) is 11.3 Å². The van der Waals surface area contributed by atoms with E-state index in [4.69, 9.17) is 15.3 Å².